The molecule has 0 spiro atoms. The highest BCUT2D eigenvalue weighted by Crippen LogP contribution is 2.29. The first-order chi connectivity index (χ1) is 9.19. The van der Waals surface area contributed by atoms with E-state index in [9.17, 15) is 0 Å². The molecular weight excluding hydrogens is 260 g/mol. The van der Waals surface area contributed by atoms with Crippen LogP contribution in [0, 0.1) is 11.3 Å². The number of hydrogen-bond acceptors (Lipinski definition) is 3. The van der Waals surface area contributed by atoms with Gasteiger partial charge < -0.3 is 4.57 Å². The normalized spacial score (nSPS) is 10.6. The van der Waals surface area contributed by atoms with Crippen molar-refractivity contribution in [2.24, 2.45) is 7.05 Å². The van der Waals surface area contributed by atoms with E-state index in [1.165, 1.54) is 0 Å². The zero-order chi connectivity index (χ0) is 13.4. The molecule has 0 amide bonds. The smallest absolute Gasteiger partial charge is 0.222 e. The number of halogens is 1. The molecule has 0 saturated heterocycles. The number of rotatable bonds is 1. The Labute approximate surface area is 114 Å². The zero-order valence-corrected chi connectivity index (χ0v) is 10.9. The van der Waals surface area contributed by atoms with E-state index in [0.29, 0.717) is 11.3 Å². The van der Waals surface area contributed by atoms with Gasteiger partial charge in [-0.05, 0) is 35.9 Å². The molecule has 0 bridgehead atoms. The molecular formula is C14H9ClN4. The van der Waals surface area contributed by atoms with Crippen LogP contribution in [-0.2, 0) is 7.05 Å². The maximum absolute atomic E-state index is 9.13. The van der Waals surface area contributed by atoms with Gasteiger partial charge in [-0.25, -0.2) is 9.97 Å². The van der Waals surface area contributed by atoms with Gasteiger partial charge in [-0.1, -0.05) is 0 Å². The number of fused-ring (bicyclic) bond motifs is 1. The molecule has 4 nitrogen and oxygen atoms in total. The summed E-state index contributed by atoms with van der Waals surface area (Å²) in [5.41, 5.74) is 3.19. The Morgan fingerprint density at radius 1 is 1.32 bits per heavy atom. The van der Waals surface area contributed by atoms with E-state index in [1.807, 2.05) is 36.0 Å². The minimum atomic E-state index is 0.198. The molecule has 0 unspecified atom stereocenters. The summed E-state index contributed by atoms with van der Waals surface area (Å²) in [7, 11) is 1.94. The number of aryl methyl sites for hydroxylation is 1. The molecule has 92 valence electrons. The first-order valence-corrected chi connectivity index (χ1v) is 6.05. The summed E-state index contributed by atoms with van der Waals surface area (Å²) >= 11 is 5.83. The minimum Gasteiger partial charge on any atom is -0.350 e. The lowest BCUT2D eigenvalue weighted by Gasteiger charge is -2.05. The first kappa shape index (κ1) is 11.7. The van der Waals surface area contributed by atoms with E-state index in [1.54, 1.807) is 12.3 Å². The van der Waals surface area contributed by atoms with Crippen LogP contribution in [0.3, 0.4) is 0 Å². The molecule has 5 heteroatoms. The Morgan fingerprint density at radius 2 is 2.16 bits per heavy atom. The van der Waals surface area contributed by atoms with Gasteiger partial charge in [0.25, 0.3) is 0 Å². The lowest BCUT2D eigenvalue weighted by molar-refractivity contribution is 0.969. The van der Waals surface area contributed by atoms with Gasteiger partial charge in [0, 0.05) is 35.9 Å². The van der Waals surface area contributed by atoms with Crippen LogP contribution < -0.4 is 0 Å². The lowest BCUT2D eigenvalue weighted by atomic mass is 10.0. The summed E-state index contributed by atoms with van der Waals surface area (Å²) in [5, 5.41) is 10.4. The summed E-state index contributed by atoms with van der Waals surface area (Å²) < 4.78 is 1.97. The van der Waals surface area contributed by atoms with Crippen molar-refractivity contribution in [2.75, 3.05) is 0 Å². The van der Waals surface area contributed by atoms with E-state index in [2.05, 4.69) is 16.0 Å². The highest BCUT2D eigenvalue weighted by Gasteiger charge is 2.10. The topological polar surface area (TPSA) is 54.5 Å². The van der Waals surface area contributed by atoms with E-state index < -0.39 is 0 Å². The van der Waals surface area contributed by atoms with Crippen LogP contribution in [0.2, 0.25) is 5.28 Å². The summed E-state index contributed by atoms with van der Waals surface area (Å²) in [4.78, 5) is 8.09. The highest BCUT2D eigenvalue weighted by atomic mass is 35.5. The summed E-state index contributed by atoms with van der Waals surface area (Å²) in [6.07, 6.45) is 3.57. The Kier molecular flexibility index (Phi) is 2.69. The fourth-order valence-corrected chi connectivity index (χ4v) is 2.28. The Morgan fingerprint density at radius 3 is 2.89 bits per heavy atom. The van der Waals surface area contributed by atoms with Gasteiger partial charge in [-0.2, -0.15) is 5.26 Å². The molecule has 3 aromatic rings. The molecule has 0 radical (unpaired) electrons. The summed E-state index contributed by atoms with van der Waals surface area (Å²) in [5.74, 6) is 0. The maximum Gasteiger partial charge on any atom is 0.222 e. The third kappa shape index (κ3) is 1.94. The molecule has 2 aromatic heterocycles. The fourth-order valence-electron chi connectivity index (χ4n) is 2.13. The van der Waals surface area contributed by atoms with Crippen molar-refractivity contribution in [3.05, 3.63) is 47.5 Å². The van der Waals surface area contributed by atoms with E-state index in [-0.39, 0.29) is 5.28 Å². The van der Waals surface area contributed by atoms with Crippen molar-refractivity contribution in [1.29, 1.82) is 5.26 Å². The highest BCUT2D eigenvalue weighted by molar-refractivity contribution is 6.28. The average molecular weight is 269 g/mol. The number of nitrogens with zero attached hydrogens (tertiary/aromatic N) is 4. The van der Waals surface area contributed by atoms with Crippen LogP contribution in [0.15, 0.2) is 36.7 Å². The summed E-state index contributed by atoms with van der Waals surface area (Å²) in [6, 6.07) is 9.64. The second kappa shape index (κ2) is 4.38. The van der Waals surface area contributed by atoms with Gasteiger partial charge in [-0.3, -0.25) is 0 Å². The SMILES string of the molecule is Cn1ccc2c(-c3ccnc(Cl)n3)cc(C#N)cc21. The van der Waals surface area contributed by atoms with Gasteiger partial charge in [0.2, 0.25) is 5.28 Å². The van der Waals surface area contributed by atoms with Crippen molar-refractivity contribution < 1.29 is 0 Å². The van der Waals surface area contributed by atoms with Crippen molar-refractivity contribution in [2.45, 2.75) is 0 Å². The van der Waals surface area contributed by atoms with Crippen LogP contribution in [0.4, 0.5) is 0 Å². The van der Waals surface area contributed by atoms with Crippen molar-refractivity contribution in [1.82, 2.24) is 14.5 Å². The van der Waals surface area contributed by atoms with Gasteiger partial charge in [0.05, 0.1) is 17.3 Å². The Bertz CT molecular complexity index is 814. The van der Waals surface area contributed by atoms with Crippen LogP contribution in [0.25, 0.3) is 22.2 Å². The van der Waals surface area contributed by atoms with Crippen molar-refractivity contribution in [3.8, 4) is 17.3 Å². The Hall–Kier alpha value is -2.38. The largest absolute Gasteiger partial charge is 0.350 e. The van der Waals surface area contributed by atoms with Crippen LogP contribution in [0.1, 0.15) is 5.56 Å². The third-order valence-corrected chi connectivity index (χ3v) is 3.22. The number of nitriles is 1. The van der Waals surface area contributed by atoms with Gasteiger partial charge in [0.1, 0.15) is 0 Å². The lowest BCUT2D eigenvalue weighted by Crippen LogP contribution is -1.90. The van der Waals surface area contributed by atoms with Gasteiger partial charge in [0.15, 0.2) is 0 Å². The van der Waals surface area contributed by atoms with Crippen LogP contribution in [0.5, 0.6) is 0 Å². The predicted molar refractivity (Wildman–Crippen MR) is 73.7 cm³/mol. The molecule has 0 saturated carbocycles. The predicted octanol–water partition coefficient (Wildman–Crippen LogP) is 3.16. The molecule has 0 aliphatic rings. The first-order valence-electron chi connectivity index (χ1n) is 5.67. The van der Waals surface area contributed by atoms with Gasteiger partial charge >= 0.3 is 0 Å². The molecule has 0 aliphatic heterocycles. The molecule has 1 aromatic carbocycles. The number of benzene rings is 1. The second-order valence-corrected chi connectivity index (χ2v) is 4.54. The fraction of sp³-hybridized carbons (Fsp3) is 0.0714. The molecule has 0 fully saturated rings. The molecule has 2 heterocycles. The monoisotopic (exact) mass is 268 g/mol. The standard InChI is InChI=1S/C14H9ClN4/c1-19-5-3-10-11(6-9(8-16)7-13(10)19)12-2-4-17-14(15)18-12/h2-7H,1H3. The van der Waals surface area contributed by atoms with E-state index in [4.69, 9.17) is 16.9 Å². The molecule has 3 rings (SSSR count). The van der Waals surface area contributed by atoms with E-state index in [0.717, 1.165) is 16.5 Å². The van der Waals surface area contributed by atoms with Crippen molar-refractivity contribution >= 4 is 22.5 Å². The quantitative estimate of drug-likeness (QED) is 0.637. The maximum atomic E-state index is 9.13. The minimum absolute atomic E-state index is 0.198. The molecule has 0 atom stereocenters. The summed E-state index contributed by atoms with van der Waals surface area (Å²) in [6.45, 7) is 0. The molecule has 19 heavy (non-hydrogen) atoms. The van der Waals surface area contributed by atoms with Crippen LogP contribution >= 0.6 is 11.6 Å². The number of aromatic nitrogens is 3. The molecule has 0 N–H and O–H groups in total. The van der Waals surface area contributed by atoms with Crippen LogP contribution in [-0.4, -0.2) is 14.5 Å². The van der Waals surface area contributed by atoms with Gasteiger partial charge in [-0.15, -0.1) is 0 Å². The Balaban J connectivity index is 2.37. The second-order valence-electron chi connectivity index (χ2n) is 4.21. The average Bonchev–Trinajstić information content (AvgIpc) is 2.79. The number of hydrogen-bond donors (Lipinski definition) is 0. The molecule has 0 aliphatic carbocycles. The third-order valence-electron chi connectivity index (χ3n) is 3.03. The van der Waals surface area contributed by atoms with Crippen molar-refractivity contribution in [3.63, 3.8) is 0 Å². The van der Waals surface area contributed by atoms with E-state index >= 15 is 0 Å². The zero-order valence-electron chi connectivity index (χ0n) is 10.1.